The summed E-state index contributed by atoms with van der Waals surface area (Å²) in [5, 5.41) is 8.37. The first-order chi connectivity index (χ1) is 11.5. The van der Waals surface area contributed by atoms with Crippen LogP contribution in [0.15, 0.2) is 54.6 Å². The van der Waals surface area contributed by atoms with Gasteiger partial charge in [-0.05, 0) is 38.0 Å². The van der Waals surface area contributed by atoms with Crippen molar-refractivity contribution >= 4 is 23.3 Å². The molecule has 0 unspecified atom stereocenters. The van der Waals surface area contributed by atoms with Gasteiger partial charge in [0.25, 0.3) is 0 Å². The highest BCUT2D eigenvalue weighted by Crippen LogP contribution is 2.21. The Balaban J connectivity index is 1.94. The minimum atomic E-state index is -0.295. The summed E-state index contributed by atoms with van der Waals surface area (Å²) < 4.78 is 0. The smallest absolute Gasteiger partial charge is 0.319 e. The highest BCUT2D eigenvalue weighted by Gasteiger charge is 2.10. The summed E-state index contributed by atoms with van der Waals surface area (Å²) in [6, 6.07) is 16.8. The molecule has 0 bridgehead atoms. The Labute approximate surface area is 142 Å². The van der Waals surface area contributed by atoms with E-state index < -0.39 is 0 Å². The van der Waals surface area contributed by atoms with Crippen molar-refractivity contribution in [3.05, 3.63) is 60.2 Å². The molecular weight excluding hydrogens is 302 g/mol. The quantitative estimate of drug-likeness (QED) is 0.756. The number of carbonyl (C=O) groups is 2. The van der Waals surface area contributed by atoms with Gasteiger partial charge in [-0.3, -0.25) is 4.79 Å². The normalized spacial score (nSPS) is 10.3. The largest absolute Gasteiger partial charge is 0.336 e. The molecule has 126 valence electrons. The van der Waals surface area contributed by atoms with Gasteiger partial charge in [-0.25, -0.2) is 4.79 Å². The summed E-state index contributed by atoms with van der Waals surface area (Å²) in [5.41, 5.74) is 2.29. The van der Waals surface area contributed by atoms with Crippen LogP contribution in [0.3, 0.4) is 0 Å². The first kappa shape index (κ1) is 17.5. The molecule has 2 aromatic carbocycles. The zero-order chi connectivity index (χ0) is 17.4. The van der Waals surface area contributed by atoms with Gasteiger partial charge in [-0.1, -0.05) is 42.5 Å². The summed E-state index contributed by atoms with van der Waals surface area (Å²) in [4.78, 5) is 24.0. The maximum absolute atomic E-state index is 12.2. The van der Waals surface area contributed by atoms with E-state index in [4.69, 9.17) is 0 Å². The van der Waals surface area contributed by atoms with Crippen molar-refractivity contribution in [3.8, 4) is 0 Å². The fourth-order valence-electron chi connectivity index (χ4n) is 2.24. The zero-order valence-electron chi connectivity index (χ0n) is 14.0. The summed E-state index contributed by atoms with van der Waals surface area (Å²) >= 11 is 0. The molecule has 0 atom stereocenters. The van der Waals surface area contributed by atoms with Crippen LogP contribution in [-0.2, 0) is 11.2 Å². The van der Waals surface area contributed by atoms with Gasteiger partial charge >= 0.3 is 6.03 Å². The van der Waals surface area contributed by atoms with Crippen LogP contribution in [-0.4, -0.2) is 18.0 Å². The number of benzene rings is 2. The van der Waals surface area contributed by atoms with Crippen molar-refractivity contribution in [2.24, 2.45) is 0 Å². The Bertz CT molecular complexity index is 684. The number of hydrogen-bond donors (Lipinski definition) is 3. The van der Waals surface area contributed by atoms with E-state index in [9.17, 15) is 9.59 Å². The lowest BCUT2D eigenvalue weighted by molar-refractivity contribution is -0.116. The molecule has 0 aliphatic heterocycles. The van der Waals surface area contributed by atoms with E-state index in [-0.39, 0.29) is 18.0 Å². The molecule has 24 heavy (non-hydrogen) atoms. The standard InChI is InChI=1S/C19H23N3O2/c1-14(2)20-19(24)22-17-11-7-6-10-16(17)21-18(23)13-12-15-8-4-3-5-9-15/h3-11,14H,12-13H2,1-2H3,(H,21,23)(H2,20,22,24). The van der Waals surface area contributed by atoms with Crippen LogP contribution in [0, 0.1) is 0 Å². The number of amides is 3. The van der Waals surface area contributed by atoms with Crippen LogP contribution >= 0.6 is 0 Å². The molecule has 3 amide bonds. The van der Waals surface area contributed by atoms with Gasteiger partial charge in [0.05, 0.1) is 11.4 Å². The number of anilines is 2. The lowest BCUT2D eigenvalue weighted by Gasteiger charge is -2.14. The summed E-state index contributed by atoms with van der Waals surface area (Å²) in [6.45, 7) is 3.77. The third kappa shape index (κ3) is 5.76. The molecule has 5 heteroatoms. The van der Waals surface area contributed by atoms with E-state index in [0.717, 1.165) is 5.56 Å². The van der Waals surface area contributed by atoms with Crippen molar-refractivity contribution in [1.82, 2.24) is 5.32 Å². The highest BCUT2D eigenvalue weighted by atomic mass is 16.2. The van der Waals surface area contributed by atoms with E-state index in [1.807, 2.05) is 56.3 Å². The van der Waals surface area contributed by atoms with Crippen LogP contribution in [0.1, 0.15) is 25.8 Å². The van der Waals surface area contributed by atoms with E-state index in [0.29, 0.717) is 24.2 Å². The molecule has 0 fully saturated rings. The zero-order valence-corrected chi connectivity index (χ0v) is 14.0. The molecule has 0 spiro atoms. The average Bonchev–Trinajstić information content (AvgIpc) is 2.55. The summed E-state index contributed by atoms with van der Waals surface area (Å²) in [7, 11) is 0. The maximum atomic E-state index is 12.2. The Morgan fingerprint density at radius 1 is 0.875 bits per heavy atom. The Morgan fingerprint density at radius 2 is 1.46 bits per heavy atom. The molecule has 0 heterocycles. The monoisotopic (exact) mass is 325 g/mol. The topological polar surface area (TPSA) is 70.2 Å². The molecule has 0 radical (unpaired) electrons. The molecule has 2 rings (SSSR count). The van der Waals surface area contributed by atoms with Gasteiger partial charge in [0.2, 0.25) is 5.91 Å². The van der Waals surface area contributed by atoms with Crippen LogP contribution in [0.25, 0.3) is 0 Å². The highest BCUT2D eigenvalue weighted by molar-refractivity contribution is 5.99. The predicted octanol–water partition coefficient (Wildman–Crippen LogP) is 3.79. The summed E-state index contributed by atoms with van der Waals surface area (Å²) in [6.07, 6.45) is 1.06. The number of urea groups is 1. The van der Waals surface area contributed by atoms with Crippen molar-refractivity contribution < 1.29 is 9.59 Å². The van der Waals surface area contributed by atoms with Gasteiger partial charge in [0, 0.05) is 12.5 Å². The second-order valence-corrected chi connectivity index (χ2v) is 5.83. The fraction of sp³-hybridized carbons (Fsp3) is 0.263. The number of nitrogens with one attached hydrogen (secondary N) is 3. The van der Waals surface area contributed by atoms with Gasteiger partial charge in [-0.2, -0.15) is 0 Å². The lowest BCUT2D eigenvalue weighted by Crippen LogP contribution is -2.34. The van der Waals surface area contributed by atoms with E-state index in [2.05, 4.69) is 16.0 Å². The fourth-order valence-corrected chi connectivity index (χ4v) is 2.24. The molecular formula is C19H23N3O2. The van der Waals surface area contributed by atoms with Gasteiger partial charge in [0.1, 0.15) is 0 Å². The Morgan fingerprint density at radius 3 is 2.08 bits per heavy atom. The minimum Gasteiger partial charge on any atom is -0.336 e. The Kier molecular flexibility index (Phi) is 6.37. The number of aryl methyl sites for hydroxylation is 1. The first-order valence-corrected chi connectivity index (χ1v) is 8.05. The molecule has 0 saturated heterocycles. The maximum Gasteiger partial charge on any atom is 0.319 e. The van der Waals surface area contributed by atoms with Crippen molar-refractivity contribution in [1.29, 1.82) is 0 Å². The molecule has 0 aromatic heterocycles. The minimum absolute atomic E-state index is 0.0395. The molecule has 3 N–H and O–H groups in total. The number of para-hydroxylation sites is 2. The Hall–Kier alpha value is -2.82. The molecule has 0 aliphatic rings. The molecule has 2 aromatic rings. The van der Waals surface area contributed by atoms with Crippen LogP contribution < -0.4 is 16.0 Å². The van der Waals surface area contributed by atoms with Crippen molar-refractivity contribution in [2.45, 2.75) is 32.7 Å². The summed E-state index contributed by atoms with van der Waals surface area (Å²) in [5.74, 6) is -0.0858. The van der Waals surface area contributed by atoms with Crippen molar-refractivity contribution in [3.63, 3.8) is 0 Å². The molecule has 5 nitrogen and oxygen atoms in total. The number of rotatable bonds is 6. The predicted molar refractivity (Wildman–Crippen MR) is 97.1 cm³/mol. The molecule has 0 aliphatic carbocycles. The first-order valence-electron chi connectivity index (χ1n) is 8.05. The van der Waals surface area contributed by atoms with Gasteiger partial charge in [-0.15, -0.1) is 0 Å². The van der Waals surface area contributed by atoms with Crippen LogP contribution in [0.4, 0.5) is 16.2 Å². The van der Waals surface area contributed by atoms with Gasteiger partial charge in [0.15, 0.2) is 0 Å². The van der Waals surface area contributed by atoms with Gasteiger partial charge < -0.3 is 16.0 Å². The van der Waals surface area contributed by atoms with E-state index in [1.165, 1.54) is 0 Å². The van der Waals surface area contributed by atoms with E-state index >= 15 is 0 Å². The third-order valence-electron chi connectivity index (χ3n) is 3.35. The lowest BCUT2D eigenvalue weighted by atomic mass is 10.1. The molecule has 0 saturated carbocycles. The second kappa shape index (κ2) is 8.72. The number of hydrogen-bond acceptors (Lipinski definition) is 2. The number of carbonyl (C=O) groups excluding carboxylic acids is 2. The second-order valence-electron chi connectivity index (χ2n) is 5.83. The van der Waals surface area contributed by atoms with E-state index in [1.54, 1.807) is 12.1 Å². The SMILES string of the molecule is CC(C)NC(=O)Nc1ccccc1NC(=O)CCc1ccccc1. The van der Waals surface area contributed by atoms with Crippen LogP contribution in [0.5, 0.6) is 0 Å². The third-order valence-corrected chi connectivity index (χ3v) is 3.35. The van der Waals surface area contributed by atoms with Crippen molar-refractivity contribution in [2.75, 3.05) is 10.6 Å². The van der Waals surface area contributed by atoms with Crippen LogP contribution in [0.2, 0.25) is 0 Å². The average molecular weight is 325 g/mol.